The van der Waals surface area contributed by atoms with Crippen LogP contribution in [0.25, 0.3) is 0 Å². The Morgan fingerprint density at radius 3 is 2.17 bits per heavy atom. The van der Waals surface area contributed by atoms with Gasteiger partial charge in [0.25, 0.3) is 0 Å². The first-order valence-electron chi connectivity index (χ1n) is 11.5. The number of amides is 1. The van der Waals surface area contributed by atoms with Gasteiger partial charge in [-0.3, -0.25) is 4.79 Å². The van der Waals surface area contributed by atoms with Gasteiger partial charge in [-0.2, -0.15) is 0 Å². The molecule has 4 unspecified atom stereocenters. The number of carbonyl (C=O) groups excluding carboxylic acids is 2. The molecular formula is C27H26ClN3O4. The van der Waals surface area contributed by atoms with E-state index in [9.17, 15) is 9.59 Å². The smallest absolute Gasteiger partial charge is 0.338 e. The molecule has 0 spiro atoms. The molecule has 180 valence electrons. The highest BCUT2D eigenvalue weighted by atomic mass is 35.5. The molecule has 2 saturated heterocycles. The van der Waals surface area contributed by atoms with E-state index in [2.05, 4.69) is 10.9 Å². The second-order valence-corrected chi connectivity index (χ2v) is 9.00. The van der Waals surface area contributed by atoms with Crippen molar-refractivity contribution in [3.05, 3.63) is 94.5 Å². The van der Waals surface area contributed by atoms with Crippen LogP contribution in [-0.4, -0.2) is 31.6 Å². The molecule has 0 bridgehead atoms. The van der Waals surface area contributed by atoms with Crippen molar-refractivity contribution in [2.75, 3.05) is 18.6 Å². The van der Waals surface area contributed by atoms with E-state index in [0.29, 0.717) is 22.9 Å². The summed E-state index contributed by atoms with van der Waals surface area (Å²) in [6.07, 6.45) is 0. The molecule has 3 aromatic carbocycles. The SMILES string of the molecule is CCOC(=O)c1ccc(N2C(=O)C3NNC(c4ccc(OC)cc4)C3C2c2ccc(Cl)cc2)cc1. The highest BCUT2D eigenvalue weighted by molar-refractivity contribution is 6.30. The van der Waals surface area contributed by atoms with Crippen molar-refractivity contribution in [2.45, 2.75) is 25.0 Å². The van der Waals surface area contributed by atoms with Crippen molar-refractivity contribution in [2.24, 2.45) is 5.92 Å². The van der Waals surface area contributed by atoms with Gasteiger partial charge < -0.3 is 14.4 Å². The third-order valence-corrected chi connectivity index (χ3v) is 6.91. The monoisotopic (exact) mass is 491 g/mol. The molecule has 0 radical (unpaired) electrons. The van der Waals surface area contributed by atoms with Crippen LogP contribution in [-0.2, 0) is 9.53 Å². The summed E-state index contributed by atoms with van der Waals surface area (Å²) in [5.74, 6) is 0.254. The molecule has 1 amide bonds. The molecule has 0 aliphatic carbocycles. The fourth-order valence-corrected chi connectivity index (χ4v) is 5.15. The molecule has 2 N–H and O–H groups in total. The van der Waals surface area contributed by atoms with Gasteiger partial charge in [-0.1, -0.05) is 35.9 Å². The van der Waals surface area contributed by atoms with E-state index in [0.717, 1.165) is 16.9 Å². The van der Waals surface area contributed by atoms with Gasteiger partial charge in [-0.25, -0.2) is 15.6 Å². The Labute approximate surface area is 209 Å². The van der Waals surface area contributed by atoms with Crippen molar-refractivity contribution in [3.63, 3.8) is 0 Å². The second kappa shape index (κ2) is 9.70. The zero-order chi connectivity index (χ0) is 24.5. The number of hydrazine groups is 1. The Balaban J connectivity index is 1.55. The Hall–Kier alpha value is -3.39. The van der Waals surface area contributed by atoms with Gasteiger partial charge in [0.1, 0.15) is 11.8 Å². The number of nitrogens with one attached hydrogen (secondary N) is 2. The molecule has 0 aromatic heterocycles. The van der Waals surface area contributed by atoms with Crippen molar-refractivity contribution in [1.82, 2.24) is 10.9 Å². The van der Waals surface area contributed by atoms with Crippen LogP contribution in [0.3, 0.4) is 0 Å². The molecule has 2 fully saturated rings. The van der Waals surface area contributed by atoms with Gasteiger partial charge in [0.2, 0.25) is 5.91 Å². The van der Waals surface area contributed by atoms with E-state index in [-0.39, 0.29) is 29.9 Å². The number of hydrogen-bond acceptors (Lipinski definition) is 6. The van der Waals surface area contributed by atoms with E-state index in [1.54, 1.807) is 38.3 Å². The van der Waals surface area contributed by atoms with Gasteiger partial charge in [0.15, 0.2) is 0 Å². The summed E-state index contributed by atoms with van der Waals surface area (Å²) >= 11 is 6.18. The summed E-state index contributed by atoms with van der Waals surface area (Å²) in [5, 5.41) is 0.634. The van der Waals surface area contributed by atoms with Crippen LogP contribution in [0.15, 0.2) is 72.8 Å². The fourth-order valence-electron chi connectivity index (χ4n) is 5.02. The average molecular weight is 492 g/mol. The zero-order valence-electron chi connectivity index (χ0n) is 19.4. The Kier molecular flexibility index (Phi) is 6.47. The maximum absolute atomic E-state index is 13.7. The Morgan fingerprint density at radius 2 is 1.54 bits per heavy atom. The van der Waals surface area contributed by atoms with E-state index in [4.69, 9.17) is 21.1 Å². The van der Waals surface area contributed by atoms with E-state index in [1.165, 1.54) is 0 Å². The number of halogens is 1. The van der Waals surface area contributed by atoms with E-state index in [1.807, 2.05) is 53.4 Å². The van der Waals surface area contributed by atoms with Gasteiger partial charge in [-0.15, -0.1) is 0 Å². The molecular weight excluding hydrogens is 466 g/mol. The number of fused-ring (bicyclic) bond motifs is 1. The van der Waals surface area contributed by atoms with Crippen LogP contribution in [0.5, 0.6) is 5.75 Å². The number of ether oxygens (including phenoxy) is 2. The molecule has 0 saturated carbocycles. The molecule has 5 rings (SSSR count). The summed E-state index contributed by atoms with van der Waals surface area (Å²) in [5.41, 5.74) is 9.76. The van der Waals surface area contributed by atoms with Crippen molar-refractivity contribution < 1.29 is 19.1 Å². The fraction of sp³-hybridized carbons (Fsp3) is 0.259. The standard InChI is InChI=1S/C27H26ClN3O4/c1-3-35-27(33)18-6-12-20(13-7-18)31-25(17-4-10-19(28)11-5-17)22-23(29-30-24(22)26(31)32)16-8-14-21(34-2)15-9-16/h4-15,22-25,29-30H,3H2,1-2H3. The summed E-state index contributed by atoms with van der Waals surface area (Å²) < 4.78 is 10.4. The maximum Gasteiger partial charge on any atom is 0.338 e. The summed E-state index contributed by atoms with van der Waals surface area (Å²) in [6, 6.07) is 21.7. The molecule has 3 aromatic rings. The number of rotatable bonds is 6. The molecule has 4 atom stereocenters. The van der Waals surface area contributed by atoms with Gasteiger partial charge in [0, 0.05) is 16.6 Å². The highest BCUT2D eigenvalue weighted by Crippen LogP contribution is 2.49. The van der Waals surface area contributed by atoms with Crippen molar-refractivity contribution in [3.8, 4) is 5.75 Å². The predicted molar refractivity (Wildman–Crippen MR) is 133 cm³/mol. The summed E-state index contributed by atoms with van der Waals surface area (Å²) in [7, 11) is 1.64. The molecule has 2 aliphatic heterocycles. The minimum absolute atomic E-state index is 0.0395. The number of carbonyl (C=O) groups is 2. The zero-order valence-corrected chi connectivity index (χ0v) is 20.2. The number of methoxy groups -OCH3 is 1. The van der Waals surface area contributed by atoms with Crippen LogP contribution >= 0.6 is 11.6 Å². The minimum Gasteiger partial charge on any atom is -0.497 e. The Bertz CT molecular complexity index is 1210. The molecule has 8 heteroatoms. The summed E-state index contributed by atoms with van der Waals surface area (Å²) in [6.45, 7) is 2.07. The van der Waals surface area contributed by atoms with Crippen LogP contribution in [0.2, 0.25) is 5.02 Å². The third-order valence-electron chi connectivity index (χ3n) is 6.65. The molecule has 35 heavy (non-hydrogen) atoms. The lowest BCUT2D eigenvalue weighted by molar-refractivity contribution is -0.119. The number of hydrogen-bond donors (Lipinski definition) is 2. The minimum atomic E-state index is -0.424. The van der Waals surface area contributed by atoms with Gasteiger partial charge in [0.05, 0.1) is 31.4 Å². The maximum atomic E-state index is 13.7. The number of benzene rings is 3. The largest absolute Gasteiger partial charge is 0.497 e. The molecule has 7 nitrogen and oxygen atoms in total. The molecule has 2 heterocycles. The number of esters is 1. The van der Waals surface area contributed by atoms with E-state index >= 15 is 0 Å². The first-order chi connectivity index (χ1) is 17.0. The van der Waals surface area contributed by atoms with Crippen molar-refractivity contribution >= 4 is 29.2 Å². The van der Waals surface area contributed by atoms with Crippen LogP contribution in [0.4, 0.5) is 5.69 Å². The van der Waals surface area contributed by atoms with Gasteiger partial charge >= 0.3 is 5.97 Å². The average Bonchev–Trinajstić information content (AvgIpc) is 3.44. The predicted octanol–water partition coefficient (Wildman–Crippen LogP) is 4.45. The lowest BCUT2D eigenvalue weighted by atomic mass is 9.83. The quantitative estimate of drug-likeness (QED) is 0.496. The lowest BCUT2D eigenvalue weighted by Gasteiger charge is -2.31. The topological polar surface area (TPSA) is 79.9 Å². The van der Waals surface area contributed by atoms with Crippen molar-refractivity contribution in [1.29, 1.82) is 0 Å². The normalized spacial score (nSPS) is 23.3. The van der Waals surface area contributed by atoms with E-state index < -0.39 is 6.04 Å². The van der Waals surface area contributed by atoms with Crippen LogP contribution in [0, 0.1) is 5.92 Å². The lowest BCUT2D eigenvalue weighted by Crippen LogP contribution is -2.41. The van der Waals surface area contributed by atoms with Crippen LogP contribution < -0.4 is 20.5 Å². The molecule has 2 aliphatic rings. The Morgan fingerprint density at radius 1 is 0.914 bits per heavy atom. The van der Waals surface area contributed by atoms with Crippen LogP contribution in [0.1, 0.15) is 40.5 Å². The first-order valence-corrected chi connectivity index (χ1v) is 11.9. The first kappa shape index (κ1) is 23.4. The number of nitrogens with zero attached hydrogens (tertiary/aromatic N) is 1. The highest BCUT2D eigenvalue weighted by Gasteiger charge is 2.56. The third kappa shape index (κ3) is 4.27. The second-order valence-electron chi connectivity index (χ2n) is 8.57. The number of anilines is 1. The van der Waals surface area contributed by atoms with Gasteiger partial charge in [-0.05, 0) is 66.6 Å². The summed E-state index contributed by atoms with van der Waals surface area (Å²) in [4.78, 5) is 27.7.